The van der Waals surface area contributed by atoms with Crippen molar-refractivity contribution in [3.63, 3.8) is 0 Å². The van der Waals surface area contributed by atoms with Crippen molar-refractivity contribution in [1.29, 1.82) is 5.26 Å². The van der Waals surface area contributed by atoms with Gasteiger partial charge in [-0.2, -0.15) is 5.26 Å². The fraction of sp³-hybridized carbons (Fsp3) is 0.200. The number of amides is 1. The van der Waals surface area contributed by atoms with E-state index < -0.39 is 5.91 Å². The Hall–Kier alpha value is -3.09. The Morgan fingerprint density at radius 1 is 1.28 bits per heavy atom. The van der Waals surface area contributed by atoms with Crippen LogP contribution >= 0.6 is 23.1 Å². The zero-order chi connectivity index (χ0) is 20.6. The zero-order valence-electron chi connectivity index (χ0n) is 15.7. The third-order valence-corrected chi connectivity index (χ3v) is 5.88. The van der Waals surface area contributed by atoms with Crippen LogP contribution in [0.15, 0.2) is 64.3 Å². The summed E-state index contributed by atoms with van der Waals surface area (Å²) in [5.74, 6) is -0.0869. The number of nitrogens with one attached hydrogen (secondary N) is 1. The van der Waals surface area contributed by atoms with Crippen molar-refractivity contribution in [2.45, 2.75) is 25.2 Å². The summed E-state index contributed by atoms with van der Waals surface area (Å²) in [7, 11) is 0. The molecule has 0 spiro atoms. The van der Waals surface area contributed by atoms with Crippen molar-refractivity contribution >= 4 is 29.0 Å². The summed E-state index contributed by atoms with van der Waals surface area (Å²) in [6.45, 7) is 2.92. The number of benzene rings is 1. The Balaban J connectivity index is 1.67. The highest BCUT2D eigenvalue weighted by atomic mass is 32.2. The molecule has 3 rings (SSSR count). The molecule has 7 nitrogen and oxygen atoms in total. The minimum Gasteiger partial charge on any atom is -0.510 e. The number of nitriles is 1. The second-order valence-corrected chi connectivity index (χ2v) is 7.81. The SMILES string of the molecule is CCn1c(SCC(O)=C(C#N)C(=O)NCc2ccccc2)nnc1-c1cccs1. The van der Waals surface area contributed by atoms with E-state index in [2.05, 4.69) is 15.5 Å². The summed E-state index contributed by atoms with van der Waals surface area (Å²) >= 11 is 2.80. The zero-order valence-corrected chi connectivity index (χ0v) is 17.3. The monoisotopic (exact) mass is 425 g/mol. The van der Waals surface area contributed by atoms with Crippen LogP contribution in [0.25, 0.3) is 10.7 Å². The minimum absolute atomic E-state index is 0.0459. The van der Waals surface area contributed by atoms with Crippen molar-refractivity contribution in [3.8, 4) is 16.8 Å². The van der Waals surface area contributed by atoms with Crippen LogP contribution in [0, 0.1) is 11.3 Å². The van der Waals surface area contributed by atoms with Gasteiger partial charge in [-0.25, -0.2) is 0 Å². The average molecular weight is 426 g/mol. The lowest BCUT2D eigenvalue weighted by atomic mass is 10.2. The fourth-order valence-electron chi connectivity index (χ4n) is 2.59. The summed E-state index contributed by atoms with van der Waals surface area (Å²) in [5, 5.41) is 33.3. The molecule has 29 heavy (non-hydrogen) atoms. The molecule has 0 aliphatic carbocycles. The minimum atomic E-state index is -0.606. The average Bonchev–Trinajstić information content (AvgIpc) is 3.41. The maximum absolute atomic E-state index is 12.3. The quantitative estimate of drug-likeness (QED) is 0.246. The first-order chi connectivity index (χ1) is 14.1. The van der Waals surface area contributed by atoms with E-state index in [9.17, 15) is 15.2 Å². The summed E-state index contributed by atoms with van der Waals surface area (Å²) in [4.78, 5) is 13.3. The van der Waals surface area contributed by atoms with Crippen LogP contribution in [0.2, 0.25) is 0 Å². The molecule has 2 aromatic heterocycles. The number of hydrogen-bond donors (Lipinski definition) is 2. The van der Waals surface area contributed by atoms with Crippen LogP contribution in [-0.2, 0) is 17.9 Å². The smallest absolute Gasteiger partial charge is 0.265 e. The van der Waals surface area contributed by atoms with Gasteiger partial charge in [0.05, 0.1) is 10.6 Å². The Morgan fingerprint density at radius 2 is 2.07 bits per heavy atom. The second-order valence-electron chi connectivity index (χ2n) is 5.92. The highest BCUT2D eigenvalue weighted by Gasteiger charge is 2.18. The third-order valence-electron chi connectivity index (χ3n) is 4.04. The van der Waals surface area contributed by atoms with E-state index in [1.807, 2.05) is 59.3 Å². The van der Waals surface area contributed by atoms with Gasteiger partial charge in [0.1, 0.15) is 11.8 Å². The molecule has 1 aromatic carbocycles. The van der Waals surface area contributed by atoms with Gasteiger partial charge in [0, 0.05) is 13.1 Å². The number of thiophene rings is 1. The maximum Gasteiger partial charge on any atom is 0.265 e. The maximum atomic E-state index is 12.3. The molecule has 148 valence electrons. The first kappa shape index (κ1) is 20.6. The van der Waals surface area contributed by atoms with E-state index in [4.69, 9.17) is 0 Å². The number of carbonyl (C=O) groups excluding carboxylic acids is 1. The van der Waals surface area contributed by atoms with Gasteiger partial charge >= 0.3 is 0 Å². The standard InChI is InChI=1S/C20H19N5O2S2/c1-2-25-18(17-9-6-10-28-17)23-24-20(25)29-13-16(26)15(11-21)19(27)22-12-14-7-4-3-5-8-14/h3-10,26H,2,12-13H2,1H3,(H,22,27). The Morgan fingerprint density at radius 3 is 2.72 bits per heavy atom. The van der Waals surface area contributed by atoms with Crippen molar-refractivity contribution in [2.24, 2.45) is 0 Å². The van der Waals surface area contributed by atoms with Gasteiger partial charge < -0.3 is 15.0 Å². The second kappa shape index (κ2) is 9.91. The number of rotatable bonds is 8. The number of aliphatic hydroxyl groups is 1. The van der Waals surface area contributed by atoms with E-state index in [0.717, 1.165) is 16.3 Å². The van der Waals surface area contributed by atoms with Crippen LogP contribution in [0.3, 0.4) is 0 Å². The summed E-state index contributed by atoms with van der Waals surface area (Å²) < 4.78 is 1.94. The van der Waals surface area contributed by atoms with Crippen LogP contribution in [-0.4, -0.2) is 31.5 Å². The number of aliphatic hydroxyl groups excluding tert-OH is 1. The predicted octanol–water partition coefficient (Wildman–Crippen LogP) is 3.77. The Labute approximate surface area is 176 Å². The number of nitrogens with zero attached hydrogens (tertiary/aromatic N) is 4. The first-order valence-electron chi connectivity index (χ1n) is 8.88. The van der Waals surface area contributed by atoms with Crippen molar-refractivity contribution in [3.05, 3.63) is 64.7 Å². The molecule has 0 bridgehead atoms. The van der Waals surface area contributed by atoms with Gasteiger partial charge in [0.15, 0.2) is 16.6 Å². The Kier molecular flexibility index (Phi) is 7.05. The molecule has 3 aromatic rings. The largest absolute Gasteiger partial charge is 0.510 e. The van der Waals surface area contributed by atoms with E-state index in [1.54, 1.807) is 17.4 Å². The van der Waals surface area contributed by atoms with Crippen LogP contribution in [0.1, 0.15) is 12.5 Å². The van der Waals surface area contributed by atoms with Gasteiger partial charge in [0.25, 0.3) is 5.91 Å². The van der Waals surface area contributed by atoms with Crippen molar-refractivity contribution in [2.75, 3.05) is 5.75 Å². The fourth-order valence-corrected chi connectivity index (χ4v) is 4.18. The molecule has 0 atom stereocenters. The van der Waals surface area contributed by atoms with Crippen LogP contribution in [0.4, 0.5) is 0 Å². The summed E-state index contributed by atoms with van der Waals surface area (Å²) in [6.07, 6.45) is 0. The molecule has 0 aliphatic heterocycles. The van der Waals surface area contributed by atoms with Crippen LogP contribution < -0.4 is 5.32 Å². The lowest BCUT2D eigenvalue weighted by molar-refractivity contribution is -0.117. The first-order valence-corrected chi connectivity index (χ1v) is 10.7. The van der Waals surface area contributed by atoms with E-state index >= 15 is 0 Å². The molecule has 1 amide bonds. The normalized spacial score (nSPS) is 11.6. The number of aromatic nitrogens is 3. The molecule has 0 saturated heterocycles. The van der Waals surface area contributed by atoms with Crippen LogP contribution in [0.5, 0.6) is 0 Å². The molecular formula is C20H19N5O2S2. The number of thioether (sulfide) groups is 1. The lowest BCUT2D eigenvalue weighted by Crippen LogP contribution is -2.25. The van der Waals surface area contributed by atoms with Gasteiger partial charge in [0.2, 0.25) is 0 Å². The number of hydrogen-bond acceptors (Lipinski definition) is 7. The number of carbonyl (C=O) groups is 1. The molecule has 2 heterocycles. The van der Waals surface area contributed by atoms with Gasteiger partial charge in [-0.3, -0.25) is 4.79 Å². The molecule has 0 unspecified atom stereocenters. The molecule has 0 fully saturated rings. The van der Waals surface area contributed by atoms with E-state index in [1.165, 1.54) is 11.8 Å². The third kappa shape index (κ3) is 5.04. The topological polar surface area (TPSA) is 104 Å². The van der Waals surface area contributed by atoms with E-state index in [0.29, 0.717) is 11.7 Å². The molecule has 0 radical (unpaired) electrons. The van der Waals surface area contributed by atoms with Crippen molar-refractivity contribution in [1.82, 2.24) is 20.1 Å². The summed E-state index contributed by atoms with van der Waals surface area (Å²) in [6, 6.07) is 15.1. The van der Waals surface area contributed by atoms with E-state index in [-0.39, 0.29) is 23.6 Å². The van der Waals surface area contributed by atoms with Gasteiger partial charge in [-0.15, -0.1) is 21.5 Å². The summed E-state index contributed by atoms with van der Waals surface area (Å²) in [5.41, 5.74) is 0.610. The van der Waals surface area contributed by atoms with Crippen molar-refractivity contribution < 1.29 is 9.90 Å². The lowest BCUT2D eigenvalue weighted by Gasteiger charge is -2.08. The molecule has 9 heteroatoms. The molecule has 2 N–H and O–H groups in total. The molecular weight excluding hydrogens is 406 g/mol. The highest BCUT2D eigenvalue weighted by Crippen LogP contribution is 2.28. The highest BCUT2D eigenvalue weighted by molar-refractivity contribution is 7.99. The Bertz CT molecular complexity index is 1040. The molecule has 0 saturated carbocycles. The van der Waals surface area contributed by atoms with Gasteiger partial charge in [-0.1, -0.05) is 48.2 Å². The molecule has 0 aliphatic rings. The predicted molar refractivity (Wildman–Crippen MR) is 113 cm³/mol. The van der Waals surface area contributed by atoms with Gasteiger partial charge in [-0.05, 0) is 23.9 Å².